The third-order valence-corrected chi connectivity index (χ3v) is 12.3. The number of aliphatic hydroxyl groups excluding tert-OH is 1. The summed E-state index contributed by atoms with van der Waals surface area (Å²) in [6.45, 7) is 15.9. The zero-order valence-corrected chi connectivity index (χ0v) is 33.9. The van der Waals surface area contributed by atoms with Crippen LogP contribution >= 0.6 is 8.58 Å². The van der Waals surface area contributed by atoms with E-state index in [9.17, 15) is 24.3 Å². The third kappa shape index (κ3) is 8.65. The van der Waals surface area contributed by atoms with Crippen molar-refractivity contribution >= 4 is 37.9 Å². The number of hydrogen-bond donors (Lipinski definition) is 2. The van der Waals surface area contributed by atoms with Crippen molar-refractivity contribution in [1.29, 1.82) is 0 Å². The van der Waals surface area contributed by atoms with Crippen LogP contribution in [0, 0.1) is 29.6 Å². The summed E-state index contributed by atoms with van der Waals surface area (Å²) < 4.78 is 46.9. The fraction of sp³-hybridized carbons (Fsp3) is 0.861. The van der Waals surface area contributed by atoms with Crippen molar-refractivity contribution in [3.8, 4) is 0 Å². The van der Waals surface area contributed by atoms with Crippen LogP contribution in [0.25, 0.3) is 0 Å². The number of cyclic esters (lactones) is 1. The summed E-state index contributed by atoms with van der Waals surface area (Å²) in [5.41, 5.74) is 0.0214. The molecule has 0 aromatic heterocycles. The summed E-state index contributed by atoms with van der Waals surface area (Å²) in [6.07, 6.45) is -4.91. The number of alkyl halides is 1. The maximum absolute atomic E-state index is 16.8. The number of likely N-dealkylation sites (N-methyl/N-ethyl adjacent to an activating group) is 1. The van der Waals surface area contributed by atoms with Gasteiger partial charge >= 0.3 is 11.9 Å². The number of methoxy groups -OCH3 is 1. The molecule has 3 saturated heterocycles. The van der Waals surface area contributed by atoms with Gasteiger partial charge in [-0.2, -0.15) is 0 Å². The van der Waals surface area contributed by atoms with E-state index in [2.05, 4.69) is 5.16 Å². The number of carbonyl (C=O) groups is 4. The Bertz CT molecular complexity index is 1350. The van der Waals surface area contributed by atoms with Gasteiger partial charge in [-0.25, -0.2) is 9.18 Å². The summed E-state index contributed by atoms with van der Waals surface area (Å²) in [6, 6.07) is -0.369. The Kier molecular flexibility index (Phi) is 14.4. The first-order chi connectivity index (χ1) is 24.0. The second-order valence-corrected chi connectivity index (χ2v) is 17.0. The van der Waals surface area contributed by atoms with Gasteiger partial charge in [-0.1, -0.05) is 41.4 Å². The quantitative estimate of drug-likeness (QED) is 0.0873. The highest BCUT2D eigenvalue weighted by Crippen LogP contribution is 2.48. The minimum atomic E-state index is -3.20. The Morgan fingerprint density at radius 2 is 1.75 bits per heavy atom. The van der Waals surface area contributed by atoms with E-state index in [1.54, 1.807) is 34.6 Å². The van der Waals surface area contributed by atoms with Crippen molar-refractivity contribution in [3.05, 3.63) is 0 Å². The van der Waals surface area contributed by atoms with Gasteiger partial charge in [0, 0.05) is 36.8 Å². The Balaban J connectivity index is 2.21. The minimum absolute atomic E-state index is 0.0339. The van der Waals surface area contributed by atoms with Gasteiger partial charge in [-0.3, -0.25) is 14.4 Å². The predicted octanol–water partition coefficient (Wildman–Crippen LogP) is 3.19. The van der Waals surface area contributed by atoms with Gasteiger partial charge < -0.3 is 44.3 Å². The van der Waals surface area contributed by atoms with E-state index in [0.717, 1.165) is 6.92 Å². The smallest absolute Gasteiger partial charge is 0.351 e. The molecule has 16 atom stereocenters. The van der Waals surface area contributed by atoms with Gasteiger partial charge in [0.1, 0.15) is 29.8 Å². The van der Waals surface area contributed by atoms with Crippen molar-refractivity contribution < 1.29 is 57.2 Å². The molecule has 0 aliphatic carbocycles. The average molecular weight is 762 g/mol. The highest BCUT2D eigenvalue weighted by Gasteiger charge is 2.63. The number of ketones is 2. The Hall–Kier alpha value is -2.29. The van der Waals surface area contributed by atoms with Crippen molar-refractivity contribution in [2.75, 3.05) is 27.9 Å². The van der Waals surface area contributed by atoms with Crippen LogP contribution in [0.3, 0.4) is 0 Å². The number of esters is 2. The predicted molar refractivity (Wildman–Crippen MR) is 192 cm³/mol. The summed E-state index contributed by atoms with van der Waals surface area (Å²) in [5.74, 6) is -9.74. The van der Waals surface area contributed by atoms with E-state index in [0.29, 0.717) is 15.0 Å². The molecule has 0 amide bonds. The lowest BCUT2D eigenvalue weighted by Gasteiger charge is -2.47. The van der Waals surface area contributed by atoms with Crippen LogP contribution in [-0.2, 0) is 47.7 Å². The molecule has 16 heteroatoms. The molecule has 3 rings (SSSR count). The number of ether oxygens (including phenoxy) is 5. The van der Waals surface area contributed by atoms with E-state index in [-0.39, 0.29) is 42.5 Å². The number of fused-ring (bicyclic) bond motifs is 1. The van der Waals surface area contributed by atoms with Crippen LogP contribution in [0.4, 0.5) is 4.39 Å². The zero-order valence-electron chi connectivity index (χ0n) is 32.9. The zero-order chi connectivity index (χ0) is 39.7. The molecule has 0 radical (unpaired) electrons. The van der Waals surface area contributed by atoms with Gasteiger partial charge in [0.15, 0.2) is 23.5 Å². The van der Waals surface area contributed by atoms with E-state index in [4.69, 9.17) is 34.3 Å². The van der Waals surface area contributed by atoms with Gasteiger partial charge in [0.25, 0.3) is 5.67 Å². The molecule has 3 heterocycles. The second-order valence-electron chi connectivity index (χ2n) is 15.6. The molecule has 3 N–H and O–H groups in total. The Morgan fingerprint density at radius 1 is 1.13 bits per heavy atom. The topological polar surface area (TPSA) is 186 Å². The molecule has 52 heavy (non-hydrogen) atoms. The van der Waals surface area contributed by atoms with Crippen LogP contribution in [0.15, 0.2) is 5.16 Å². The Labute approximate surface area is 309 Å². The number of nitrogens with two attached hydrogens (primary N) is 1. The number of Topliss-reactive ketones (excluding diaryl/α,β-unsaturated/α-hetero) is 2. The normalized spacial score (nSPS) is 43.6. The molecule has 3 unspecified atom stereocenters. The number of halogens is 1. The molecular weight excluding hydrogens is 700 g/mol. The van der Waals surface area contributed by atoms with Crippen molar-refractivity contribution in [2.24, 2.45) is 40.5 Å². The second kappa shape index (κ2) is 17.0. The lowest BCUT2D eigenvalue weighted by molar-refractivity contribution is -0.295. The largest absolute Gasteiger partial charge is 0.455 e. The number of aliphatic hydroxyl groups is 1. The summed E-state index contributed by atoms with van der Waals surface area (Å²) >= 11 is 0. The highest BCUT2D eigenvalue weighted by molar-refractivity contribution is 7.37. The Morgan fingerprint density at radius 3 is 2.29 bits per heavy atom. The van der Waals surface area contributed by atoms with Crippen LogP contribution in [0.2, 0.25) is 0 Å². The van der Waals surface area contributed by atoms with Crippen molar-refractivity contribution in [1.82, 2.24) is 4.90 Å². The standard InChI is InChI=1S/C36H61FN3O11P/c1-14-23-36(9)25(24(31(44)50-36)30(38)39-51-21(6)52-13)19(4)26(41)17(2)16-34(7,46-12)29(20(5)28(43)35(8,37)33(45)48-23)49-32-27(42)22(40(10)11)15-18(3)47-32/h17-25,27,29,32,42,52H,14-16H2,1-13H3,(H2,38,39)/t17-,18-,19-,20+,21?,22+,23+,24-,25+,27-,29-,32?,34-,35+,36+/m1/s1. The van der Waals surface area contributed by atoms with Crippen molar-refractivity contribution in [2.45, 2.75) is 141 Å². The third-order valence-electron chi connectivity index (χ3n) is 11.4. The molecule has 3 fully saturated rings. The van der Waals surface area contributed by atoms with E-state index >= 15 is 4.39 Å². The summed E-state index contributed by atoms with van der Waals surface area (Å²) in [5, 5.41) is 15.4. The fourth-order valence-electron chi connectivity index (χ4n) is 8.20. The number of carbonyl (C=O) groups excluding carboxylic acids is 4. The van der Waals surface area contributed by atoms with E-state index in [1.807, 2.05) is 32.6 Å². The lowest BCUT2D eigenvalue weighted by atomic mass is 9.67. The summed E-state index contributed by atoms with van der Waals surface area (Å²) in [4.78, 5) is 63.4. The molecule has 14 nitrogen and oxygen atoms in total. The number of amidine groups is 1. The van der Waals surface area contributed by atoms with Crippen LogP contribution in [0.1, 0.15) is 81.6 Å². The number of rotatable bonds is 9. The van der Waals surface area contributed by atoms with Crippen LogP contribution in [0.5, 0.6) is 0 Å². The summed E-state index contributed by atoms with van der Waals surface area (Å²) in [7, 11) is 5.36. The molecule has 298 valence electrons. The molecule has 0 aromatic rings. The first kappa shape index (κ1) is 44.1. The maximum Gasteiger partial charge on any atom is 0.351 e. The van der Waals surface area contributed by atoms with Crippen LogP contribution < -0.4 is 5.73 Å². The van der Waals surface area contributed by atoms with Crippen LogP contribution in [-0.4, -0.2) is 127 Å². The van der Waals surface area contributed by atoms with E-state index in [1.165, 1.54) is 21.0 Å². The minimum Gasteiger partial charge on any atom is -0.455 e. The molecule has 0 aromatic carbocycles. The van der Waals surface area contributed by atoms with Gasteiger partial charge in [-0.05, 0) is 74.6 Å². The molecule has 0 saturated carbocycles. The SMILES string of the molecule is CC[C@@H]1OC(=O)[C@@](C)(F)C(=O)[C@H](C)[C@@H](OC2O[C@H](C)C[C@H](N(C)C)[C@H]2O)[C@](C)(OC)C[C@@H](C)C(=O)[C@H](C)[C@H]2[C@H](/C(N)=N/OC(C)PC)C(=O)O[C@]21C. The van der Waals surface area contributed by atoms with Gasteiger partial charge in [-0.15, -0.1) is 0 Å². The first-order valence-corrected chi connectivity index (χ1v) is 19.7. The van der Waals surface area contributed by atoms with Crippen molar-refractivity contribution in [3.63, 3.8) is 0 Å². The van der Waals surface area contributed by atoms with Gasteiger partial charge in [0.05, 0.1) is 17.8 Å². The monoisotopic (exact) mass is 761 g/mol. The molecule has 0 bridgehead atoms. The van der Waals surface area contributed by atoms with Gasteiger partial charge in [0.2, 0.25) is 0 Å². The molecule has 0 spiro atoms. The fourth-order valence-corrected chi connectivity index (χ4v) is 8.35. The molecule has 3 aliphatic rings. The number of oxime groups is 1. The first-order valence-electron chi connectivity index (χ1n) is 18.1. The lowest BCUT2D eigenvalue weighted by Crippen LogP contribution is -2.61. The van der Waals surface area contributed by atoms with E-state index < -0.39 is 88.8 Å². The number of hydrogen-bond acceptors (Lipinski definition) is 13. The molecular formula is C36H61FN3O11P. The average Bonchev–Trinajstić information content (AvgIpc) is 3.37. The molecule has 3 aliphatic heterocycles. The highest BCUT2D eigenvalue weighted by atomic mass is 31.1. The number of nitrogens with zero attached hydrogens (tertiary/aromatic N) is 2. The maximum atomic E-state index is 16.8.